The quantitative estimate of drug-likeness (QED) is 0.775. The molecule has 3 rings (SSSR count). The van der Waals surface area contributed by atoms with Gasteiger partial charge in [-0.3, -0.25) is 4.90 Å². The molecule has 2 unspecified atom stereocenters. The van der Waals surface area contributed by atoms with Crippen LogP contribution in [0.3, 0.4) is 0 Å². The van der Waals surface area contributed by atoms with Crippen molar-refractivity contribution < 1.29 is 4.74 Å². The first kappa shape index (κ1) is 12.2. The average Bonchev–Trinajstić information content (AvgIpc) is 2.93. The lowest BCUT2D eigenvalue weighted by molar-refractivity contribution is -0.0362. The van der Waals surface area contributed by atoms with Crippen LogP contribution in [-0.2, 0) is 4.74 Å². The van der Waals surface area contributed by atoms with Gasteiger partial charge in [0.05, 0.1) is 18.8 Å². The van der Waals surface area contributed by atoms with Gasteiger partial charge in [0.15, 0.2) is 5.15 Å². The lowest BCUT2D eigenvalue weighted by Gasteiger charge is -2.33. The van der Waals surface area contributed by atoms with Crippen LogP contribution in [0.25, 0.3) is 0 Å². The molecule has 2 fully saturated rings. The van der Waals surface area contributed by atoms with Crippen LogP contribution in [0.4, 0.5) is 5.00 Å². The number of rotatable bonds is 1. The van der Waals surface area contributed by atoms with Gasteiger partial charge in [-0.1, -0.05) is 11.6 Å². The van der Waals surface area contributed by atoms with Crippen molar-refractivity contribution in [2.24, 2.45) is 0 Å². The highest BCUT2D eigenvalue weighted by Gasteiger charge is 2.40. The van der Waals surface area contributed by atoms with Gasteiger partial charge in [-0.25, -0.2) is 0 Å². The molecule has 0 bridgehead atoms. The zero-order valence-electron chi connectivity index (χ0n) is 9.97. The second kappa shape index (κ2) is 4.67. The number of ether oxygens (including phenoxy) is 1. The molecule has 0 N–H and O–H groups in total. The van der Waals surface area contributed by atoms with E-state index in [2.05, 4.69) is 27.3 Å². The van der Waals surface area contributed by atoms with Crippen molar-refractivity contribution in [1.29, 1.82) is 5.26 Å². The van der Waals surface area contributed by atoms with Gasteiger partial charge in [0.2, 0.25) is 0 Å². The zero-order valence-corrected chi connectivity index (χ0v) is 11.5. The van der Waals surface area contributed by atoms with Crippen LogP contribution >= 0.6 is 23.1 Å². The molecule has 0 saturated carbocycles. The number of nitriles is 1. The molecule has 2 aliphatic heterocycles. The van der Waals surface area contributed by atoms with E-state index in [-0.39, 0.29) is 6.10 Å². The highest BCUT2D eigenvalue weighted by Crippen LogP contribution is 2.35. The van der Waals surface area contributed by atoms with E-state index in [1.54, 1.807) is 0 Å². The molecular weight excluding hydrogens is 272 g/mol. The van der Waals surface area contributed by atoms with Crippen molar-refractivity contribution in [3.05, 3.63) is 10.7 Å². The Morgan fingerprint density at radius 3 is 3.11 bits per heavy atom. The fourth-order valence-corrected chi connectivity index (χ4v) is 3.64. The van der Waals surface area contributed by atoms with E-state index in [9.17, 15) is 0 Å². The third-order valence-corrected chi connectivity index (χ3v) is 4.89. The lowest BCUT2D eigenvalue weighted by Crippen LogP contribution is -2.48. The summed E-state index contributed by atoms with van der Waals surface area (Å²) >= 11 is 7.21. The fraction of sp³-hybridized carbons (Fsp3) is 0.636. The molecule has 0 radical (unpaired) electrons. The molecule has 0 amide bonds. The molecule has 1 aromatic rings. The first-order valence-corrected chi connectivity index (χ1v) is 6.98. The minimum absolute atomic E-state index is 0.219. The molecular formula is C11H13ClN4OS. The van der Waals surface area contributed by atoms with Gasteiger partial charge in [0.1, 0.15) is 16.6 Å². The third kappa shape index (κ3) is 1.88. The highest BCUT2D eigenvalue weighted by molar-refractivity contribution is 7.10. The van der Waals surface area contributed by atoms with Crippen molar-refractivity contribution >= 4 is 28.1 Å². The van der Waals surface area contributed by atoms with Crippen molar-refractivity contribution in [3.63, 3.8) is 0 Å². The summed E-state index contributed by atoms with van der Waals surface area (Å²) < 4.78 is 9.85. The molecule has 2 aliphatic rings. The Labute approximate surface area is 115 Å². The van der Waals surface area contributed by atoms with Crippen LogP contribution in [0.2, 0.25) is 5.15 Å². The molecule has 1 aromatic heterocycles. The fourth-order valence-electron chi connectivity index (χ4n) is 2.60. The molecule has 5 nitrogen and oxygen atoms in total. The number of aromatic nitrogens is 1. The summed E-state index contributed by atoms with van der Waals surface area (Å²) in [6.45, 7) is 3.42. The van der Waals surface area contributed by atoms with Gasteiger partial charge in [0, 0.05) is 19.6 Å². The number of morpholine rings is 1. The number of nitrogens with zero attached hydrogens (tertiary/aromatic N) is 4. The van der Waals surface area contributed by atoms with Crippen molar-refractivity contribution in [2.75, 3.05) is 38.2 Å². The third-order valence-electron chi connectivity index (χ3n) is 3.61. The minimum atomic E-state index is 0.219. The number of hydrogen-bond acceptors (Lipinski definition) is 6. The molecule has 18 heavy (non-hydrogen) atoms. The van der Waals surface area contributed by atoms with Crippen molar-refractivity contribution in [3.8, 4) is 6.07 Å². The Hall–Kier alpha value is -0.870. The average molecular weight is 285 g/mol. The smallest absolute Gasteiger partial charge is 0.162 e. The van der Waals surface area contributed by atoms with Crippen LogP contribution < -0.4 is 4.90 Å². The van der Waals surface area contributed by atoms with E-state index in [1.807, 2.05) is 0 Å². The number of anilines is 1. The molecule has 0 aliphatic carbocycles. The summed E-state index contributed by atoms with van der Waals surface area (Å²) in [4.78, 5) is 4.49. The maximum atomic E-state index is 9.12. The number of halogens is 1. The number of fused-ring (bicyclic) bond motifs is 1. The summed E-state index contributed by atoms with van der Waals surface area (Å²) in [5.41, 5.74) is 0.489. The first-order chi connectivity index (χ1) is 8.70. The van der Waals surface area contributed by atoms with E-state index in [1.165, 1.54) is 11.5 Å². The van der Waals surface area contributed by atoms with Gasteiger partial charge >= 0.3 is 0 Å². The first-order valence-electron chi connectivity index (χ1n) is 5.82. The molecule has 0 aromatic carbocycles. The van der Waals surface area contributed by atoms with Crippen LogP contribution in [0, 0.1) is 11.3 Å². The molecule has 3 heterocycles. The predicted octanol–water partition coefficient (Wildman–Crippen LogP) is 1.19. The maximum Gasteiger partial charge on any atom is 0.162 e. The normalized spacial score (nSPS) is 28.2. The van der Waals surface area contributed by atoms with Gasteiger partial charge < -0.3 is 9.64 Å². The SMILES string of the molecule is CN1CCOC2CN(c3snc(Cl)c3C#N)CC21. The Kier molecular flexibility index (Phi) is 3.16. The highest BCUT2D eigenvalue weighted by atomic mass is 35.5. The van der Waals surface area contributed by atoms with Gasteiger partial charge in [0.25, 0.3) is 0 Å². The van der Waals surface area contributed by atoms with Crippen LogP contribution in [-0.4, -0.2) is 54.7 Å². The molecule has 96 valence electrons. The van der Waals surface area contributed by atoms with Gasteiger partial charge in [-0.05, 0) is 18.6 Å². The Bertz CT molecular complexity index is 500. The number of likely N-dealkylation sites (N-methyl/N-ethyl adjacent to an activating group) is 1. The monoisotopic (exact) mass is 284 g/mol. The van der Waals surface area contributed by atoms with E-state index >= 15 is 0 Å². The topological polar surface area (TPSA) is 52.4 Å². The van der Waals surface area contributed by atoms with Gasteiger partial charge in [-0.15, -0.1) is 0 Å². The Morgan fingerprint density at radius 2 is 2.39 bits per heavy atom. The summed E-state index contributed by atoms with van der Waals surface area (Å²) in [6.07, 6.45) is 0.219. The van der Waals surface area contributed by atoms with Crippen molar-refractivity contribution in [2.45, 2.75) is 12.1 Å². The van der Waals surface area contributed by atoms with Crippen molar-refractivity contribution in [1.82, 2.24) is 9.27 Å². The van der Waals surface area contributed by atoms with E-state index < -0.39 is 0 Å². The molecule has 7 heteroatoms. The van der Waals surface area contributed by atoms with Crippen LogP contribution in [0.15, 0.2) is 0 Å². The largest absolute Gasteiger partial charge is 0.373 e. The summed E-state index contributed by atoms with van der Waals surface area (Å²) in [7, 11) is 2.12. The summed E-state index contributed by atoms with van der Waals surface area (Å²) in [5, 5.41) is 10.3. The van der Waals surface area contributed by atoms with E-state index in [4.69, 9.17) is 21.6 Å². The van der Waals surface area contributed by atoms with E-state index in [0.29, 0.717) is 16.8 Å². The number of hydrogen-bond donors (Lipinski definition) is 0. The van der Waals surface area contributed by atoms with Gasteiger partial charge in [-0.2, -0.15) is 9.64 Å². The molecule has 0 spiro atoms. The predicted molar refractivity (Wildman–Crippen MR) is 70.2 cm³/mol. The summed E-state index contributed by atoms with van der Waals surface area (Å²) in [6, 6.07) is 2.53. The summed E-state index contributed by atoms with van der Waals surface area (Å²) in [5.74, 6) is 0. The molecule has 2 atom stereocenters. The lowest BCUT2D eigenvalue weighted by atomic mass is 10.1. The second-order valence-corrected chi connectivity index (χ2v) is 5.74. The minimum Gasteiger partial charge on any atom is -0.373 e. The maximum absolute atomic E-state index is 9.12. The Balaban J connectivity index is 1.85. The molecule has 2 saturated heterocycles. The zero-order chi connectivity index (χ0) is 12.7. The Morgan fingerprint density at radius 1 is 1.56 bits per heavy atom. The van der Waals surface area contributed by atoms with Crippen LogP contribution in [0.5, 0.6) is 0 Å². The van der Waals surface area contributed by atoms with E-state index in [0.717, 1.165) is 31.2 Å². The standard InChI is InChI=1S/C11H13ClN4OS/c1-15-2-3-17-9-6-16(5-8(9)15)11-7(4-13)10(12)14-18-11/h8-9H,2-3,5-6H2,1H3. The van der Waals surface area contributed by atoms with Crippen LogP contribution in [0.1, 0.15) is 5.56 Å². The second-order valence-electron chi connectivity index (χ2n) is 4.63.